The van der Waals surface area contributed by atoms with E-state index in [1.54, 1.807) is 32.5 Å². The second-order valence-electron chi connectivity index (χ2n) is 13.3. The van der Waals surface area contributed by atoms with Gasteiger partial charge in [-0.1, -0.05) is 23.8 Å². The molecule has 39 heavy (non-hydrogen) atoms. The minimum Gasteiger partial charge on any atom is -0.497 e. The van der Waals surface area contributed by atoms with Gasteiger partial charge in [-0.25, -0.2) is 0 Å². The van der Waals surface area contributed by atoms with E-state index in [1.807, 2.05) is 0 Å². The zero-order valence-electron chi connectivity index (χ0n) is 24.1. The van der Waals surface area contributed by atoms with Crippen LogP contribution < -0.4 is 9.64 Å². The Morgan fingerprint density at radius 2 is 1.44 bits per heavy atom. The standard InChI is InChI=1S/C35H45NO3/c1-37-30-9-10-31-28(19-30)6-11-32(35-20-23-16-24(21-35)18-25(17-23)22-35)33(31)26-4-7-29(8-5-26)36-14-12-27(13-15-36)34(38-2)39-3/h4-5,7-10,19,23-25,27,34H,6,11-18,20-22H2,1-3H3. The second-order valence-corrected chi connectivity index (χ2v) is 13.3. The molecule has 208 valence electrons. The summed E-state index contributed by atoms with van der Waals surface area (Å²) in [7, 11) is 5.30. The van der Waals surface area contributed by atoms with Gasteiger partial charge >= 0.3 is 0 Å². The molecule has 2 aromatic carbocycles. The molecule has 0 radical (unpaired) electrons. The van der Waals surface area contributed by atoms with Crippen molar-refractivity contribution in [3.05, 3.63) is 64.7 Å². The lowest BCUT2D eigenvalue weighted by Gasteiger charge is -2.58. The van der Waals surface area contributed by atoms with Gasteiger partial charge < -0.3 is 19.1 Å². The highest BCUT2D eigenvalue weighted by Gasteiger charge is 2.53. The number of methoxy groups -OCH3 is 3. The van der Waals surface area contributed by atoms with E-state index in [0.717, 1.165) is 55.9 Å². The molecule has 4 saturated carbocycles. The molecule has 4 heteroatoms. The Bertz CT molecular complexity index is 1180. The number of rotatable bonds is 7. The molecule has 0 unspecified atom stereocenters. The van der Waals surface area contributed by atoms with Gasteiger partial charge in [0.2, 0.25) is 0 Å². The highest BCUT2D eigenvalue weighted by molar-refractivity contribution is 5.86. The fourth-order valence-electron chi connectivity index (χ4n) is 9.79. The van der Waals surface area contributed by atoms with Crippen molar-refractivity contribution in [1.82, 2.24) is 0 Å². The lowest BCUT2D eigenvalue weighted by Crippen LogP contribution is -2.47. The number of hydrogen-bond acceptors (Lipinski definition) is 4. The monoisotopic (exact) mass is 527 g/mol. The van der Waals surface area contributed by atoms with Gasteiger partial charge in [0, 0.05) is 38.9 Å². The molecule has 4 nitrogen and oxygen atoms in total. The van der Waals surface area contributed by atoms with Crippen LogP contribution in [-0.2, 0) is 15.9 Å². The Morgan fingerprint density at radius 3 is 2.03 bits per heavy atom. The largest absolute Gasteiger partial charge is 0.497 e. The first kappa shape index (κ1) is 25.7. The Morgan fingerprint density at radius 1 is 0.795 bits per heavy atom. The molecular weight excluding hydrogens is 482 g/mol. The van der Waals surface area contributed by atoms with E-state index in [1.165, 1.54) is 67.3 Å². The normalized spacial score (nSPS) is 30.3. The maximum atomic E-state index is 5.63. The smallest absolute Gasteiger partial charge is 0.159 e. The molecular formula is C35H45NO3. The molecule has 2 aromatic rings. The third-order valence-corrected chi connectivity index (χ3v) is 11.1. The molecule has 0 spiro atoms. The van der Waals surface area contributed by atoms with Crippen LogP contribution in [0.2, 0.25) is 0 Å². The van der Waals surface area contributed by atoms with Crippen LogP contribution in [0.4, 0.5) is 5.69 Å². The van der Waals surface area contributed by atoms with Crippen LogP contribution in [0.1, 0.15) is 74.5 Å². The van der Waals surface area contributed by atoms with E-state index in [9.17, 15) is 0 Å². The van der Waals surface area contributed by atoms with Gasteiger partial charge in [-0.05, 0) is 134 Å². The SMILES string of the molecule is COc1ccc2c(c1)CCC(C13CC4CC(CC(C4)C1)C3)=C2c1ccc(N2CCC(C(OC)OC)CC2)cc1. The van der Waals surface area contributed by atoms with Gasteiger partial charge in [0.25, 0.3) is 0 Å². The van der Waals surface area contributed by atoms with E-state index in [4.69, 9.17) is 14.2 Å². The van der Waals surface area contributed by atoms with E-state index in [-0.39, 0.29) is 6.29 Å². The molecule has 0 N–H and O–H groups in total. The third-order valence-electron chi connectivity index (χ3n) is 11.1. The quantitative estimate of drug-likeness (QED) is 0.349. The van der Waals surface area contributed by atoms with Gasteiger partial charge in [0.15, 0.2) is 6.29 Å². The minimum absolute atomic E-state index is 0.0885. The van der Waals surface area contributed by atoms with Crippen LogP contribution in [0.15, 0.2) is 48.0 Å². The van der Waals surface area contributed by atoms with Gasteiger partial charge in [0.1, 0.15) is 5.75 Å². The van der Waals surface area contributed by atoms with Crippen LogP contribution in [-0.4, -0.2) is 40.7 Å². The number of nitrogens with zero attached hydrogens (tertiary/aromatic N) is 1. The predicted octanol–water partition coefficient (Wildman–Crippen LogP) is 7.50. The van der Waals surface area contributed by atoms with E-state index >= 15 is 0 Å². The summed E-state index contributed by atoms with van der Waals surface area (Å²) >= 11 is 0. The number of benzene rings is 2. The minimum atomic E-state index is -0.0885. The number of fused-ring (bicyclic) bond motifs is 1. The van der Waals surface area contributed by atoms with Crippen LogP contribution in [0.3, 0.4) is 0 Å². The number of hydrogen-bond donors (Lipinski definition) is 0. The van der Waals surface area contributed by atoms with Crippen molar-refractivity contribution in [2.75, 3.05) is 39.3 Å². The fraction of sp³-hybridized carbons (Fsp3) is 0.600. The highest BCUT2D eigenvalue weighted by atomic mass is 16.7. The molecule has 0 amide bonds. The van der Waals surface area contributed by atoms with Crippen LogP contribution >= 0.6 is 0 Å². The average molecular weight is 528 g/mol. The summed E-state index contributed by atoms with van der Waals surface area (Å²) in [6, 6.07) is 16.4. The molecule has 4 bridgehead atoms. The summed E-state index contributed by atoms with van der Waals surface area (Å²) in [5.41, 5.74) is 9.42. The number of allylic oxidation sites excluding steroid dienone is 1. The van der Waals surface area contributed by atoms with Crippen molar-refractivity contribution < 1.29 is 14.2 Å². The van der Waals surface area contributed by atoms with E-state index < -0.39 is 0 Å². The van der Waals surface area contributed by atoms with Crippen LogP contribution in [0.25, 0.3) is 5.57 Å². The Balaban J connectivity index is 1.22. The van der Waals surface area contributed by atoms with Crippen LogP contribution in [0.5, 0.6) is 5.75 Å². The zero-order valence-corrected chi connectivity index (χ0v) is 24.1. The maximum absolute atomic E-state index is 5.63. The number of ether oxygens (including phenoxy) is 3. The van der Waals surface area contributed by atoms with Crippen LogP contribution in [0, 0.1) is 29.1 Å². The maximum Gasteiger partial charge on any atom is 0.159 e. The molecule has 0 aromatic heterocycles. The van der Waals surface area contributed by atoms with E-state index in [0.29, 0.717) is 11.3 Å². The lowest BCUT2D eigenvalue weighted by molar-refractivity contribution is -0.141. The molecule has 0 atom stereocenters. The van der Waals surface area contributed by atoms with Crippen molar-refractivity contribution >= 4 is 11.3 Å². The van der Waals surface area contributed by atoms with Crippen molar-refractivity contribution in [2.24, 2.45) is 29.1 Å². The molecule has 1 saturated heterocycles. The first-order valence-electron chi connectivity index (χ1n) is 15.4. The predicted molar refractivity (Wildman–Crippen MR) is 157 cm³/mol. The molecule has 6 aliphatic rings. The molecule has 1 heterocycles. The molecule has 1 aliphatic heterocycles. The second kappa shape index (κ2) is 10.3. The van der Waals surface area contributed by atoms with Crippen molar-refractivity contribution in [2.45, 2.75) is 70.5 Å². The van der Waals surface area contributed by atoms with Crippen molar-refractivity contribution in [3.8, 4) is 5.75 Å². The first-order valence-corrected chi connectivity index (χ1v) is 15.4. The summed E-state index contributed by atoms with van der Waals surface area (Å²) in [4.78, 5) is 2.54. The molecule has 5 aliphatic carbocycles. The summed E-state index contributed by atoms with van der Waals surface area (Å²) < 4.78 is 16.7. The van der Waals surface area contributed by atoms with Gasteiger partial charge in [-0.15, -0.1) is 0 Å². The van der Waals surface area contributed by atoms with Gasteiger partial charge in [0.05, 0.1) is 7.11 Å². The zero-order chi connectivity index (χ0) is 26.6. The Kier molecular flexibility index (Phi) is 6.75. The number of anilines is 1. The fourth-order valence-corrected chi connectivity index (χ4v) is 9.79. The molecule has 5 fully saturated rings. The summed E-state index contributed by atoms with van der Waals surface area (Å²) in [5, 5.41) is 0. The average Bonchev–Trinajstić information content (AvgIpc) is 2.96. The third kappa shape index (κ3) is 4.52. The van der Waals surface area contributed by atoms with Crippen molar-refractivity contribution in [1.29, 1.82) is 0 Å². The Labute approximate surface area is 234 Å². The van der Waals surface area contributed by atoms with E-state index in [2.05, 4.69) is 47.4 Å². The topological polar surface area (TPSA) is 30.9 Å². The summed E-state index contributed by atoms with van der Waals surface area (Å²) in [6.45, 7) is 2.11. The van der Waals surface area contributed by atoms with Gasteiger partial charge in [-0.3, -0.25) is 0 Å². The summed E-state index contributed by atoms with van der Waals surface area (Å²) in [6.07, 6.45) is 13.2. The van der Waals surface area contributed by atoms with Crippen molar-refractivity contribution in [3.63, 3.8) is 0 Å². The summed E-state index contributed by atoms with van der Waals surface area (Å²) in [5.74, 6) is 4.34. The first-order chi connectivity index (χ1) is 19.1. The Hall–Kier alpha value is -2.30. The van der Waals surface area contributed by atoms with Gasteiger partial charge in [-0.2, -0.15) is 0 Å². The molecule has 8 rings (SSSR count). The lowest BCUT2D eigenvalue weighted by atomic mass is 9.46. The number of piperidine rings is 1. The highest BCUT2D eigenvalue weighted by Crippen LogP contribution is 2.65. The number of aryl methyl sites for hydroxylation is 1.